The fourth-order valence-corrected chi connectivity index (χ4v) is 2.77. The molecule has 0 fully saturated rings. The zero-order valence-electron chi connectivity index (χ0n) is 17.2. The molecule has 0 spiro atoms. The lowest BCUT2D eigenvalue weighted by molar-refractivity contribution is -0.122. The lowest BCUT2D eigenvalue weighted by atomic mass is 10.2. The quantitative estimate of drug-likeness (QED) is 0.542. The highest BCUT2D eigenvalue weighted by atomic mass is 19.1. The Labute approximate surface area is 180 Å². The molecule has 3 rings (SSSR count). The van der Waals surface area contributed by atoms with E-state index in [0.717, 1.165) is 0 Å². The SMILES string of the molecule is CCOc1ccccc1NC(=O)c1ccc(O[C@H](C)C(=O)Nc2ccc(F)cc2)cc1. The molecule has 3 aromatic rings. The third-order valence-electron chi connectivity index (χ3n) is 4.35. The van der Waals surface area contributed by atoms with Gasteiger partial charge in [0.15, 0.2) is 6.10 Å². The number of benzene rings is 3. The number of carbonyl (C=O) groups excluding carboxylic acids is 2. The van der Waals surface area contributed by atoms with Gasteiger partial charge in [-0.1, -0.05) is 12.1 Å². The van der Waals surface area contributed by atoms with Crippen LogP contribution in [-0.4, -0.2) is 24.5 Å². The van der Waals surface area contributed by atoms with E-state index in [-0.39, 0.29) is 17.6 Å². The zero-order valence-corrected chi connectivity index (χ0v) is 17.2. The van der Waals surface area contributed by atoms with Gasteiger partial charge >= 0.3 is 0 Å². The highest BCUT2D eigenvalue weighted by Crippen LogP contribution is 2.24. The molecule has 0 heterocycles. The smallest absolute Gasteiger partial charge is 0.265 e. The van der Waals surface area contributed by atoms with Gasteiger partial charge in [-0.15, -0.1) is 0 Å². The van der Waals surface area contributed by atoms with Crippen LogP contribution in [0.15, 0.2) is 72.8 Å². The number of amides is 2. The van der Waals surface area contributed by atoms with Gasteiger partial charge in [0.2, 0.25) is 0 Å². The third kappa shape index (κ3) is 6.05. The molecule has 3 aromatic carbocycles. The van der Waals surface area contributed by atoms with Crippen molar-refractivity contribution in [3.05, 3.63) is 84.2 Å². The van der Waals surface area contributed by atoms with Crippen molar-refractivity contribution in [2.75, 3.05) is 17.2 Å². The molecule has 0 aliphatic heterocycles. The van der Waals surface area contributed by atoms with Crippen molar-refractivity contribution in [3.63, 3.8) is 0 Å². The number of halogens is 1. The molecule has 2 N–H and O–H groups in total. The van der Waals surface area contributed by atoms with Gasteiger partial charge in [0.05, 0.1) is 12.3 Å². The minimum Gasteiger partial charge on any atom is -0.492 e. The van der Waals surface area contributed by atoms with Crippen LogP contribution < -0.4 is 20.1 Å². The number of ether oxygens (including phenoxy) is 2. The Morgan fingerprint density at radius 2 is 1.61 bits per heavy atom. The summed E-state index contributed by atoms with van der Waals surface area (Å²) in [5.74, 6) is -0.0121. The Hall–Kier alpha value is -3.87. The molecule has 160 valence electrons. The first-order valence-corrected chi connectivity index (χ1v) is 9.82. The largest absolute Gasteiger partial charge is 0.492 e. The first-order chi connectivity index (χ1) is 15.0. The van der Waals surface area contributed by atoms with Crippen LogP contribution in [0.1, 0.15) is 24.2 Å². The first kappa shape index (κ1) is 21.8. The van der Waals surface area contributed by atoms with Crippen LogP contribution in [0.5, 0.6) is 11.5 Å². The fraction of sp³-hybridized carbons (Fsp3) is 0.167. The summed E-state index contributed by atoms with van der Waals surface area (Å²) >= 11 is 0. The van der Waals surface area contributed by atoms with Crippen molar-refractivity contribution in [3.8, 4) is 11.5 Å². The Balaban J connectivity index is 1.58. The van der Waals surface area contributed by atoms with E-state index in [1.807, 2.05) is 19.1 Å². The van der Waals surface area contributed by atoms with E-state index in [1.165, 1.54) is 24.3 Å². The van der Waals surface area contributed by atoms with Crippen LogP contribution in [0.3, 0.4) is 0 Å². The average molecular weight is 422 g/mol. The van der Waals surface area contributed by atoms with Gasteiger partial charge in [-0.25, -0.2) is 4.39 Å². The van der Waals surface area contributed by atoms with Gasteiger partial charge in [0.1, 0.15) is 17.3 Å². The van der Waals surface area contributed by atoms with Crippen molar-refractivity contribution in [1.29, 1.82) is 0 Å². The number of carbonyl (C=O) groups is 2. The Kier molecular flexibility index (Phi) is 7.22. The Bertz CT molecular complexity index is 1040. The summed E-state index contributed by atoms with van der Waals surface area (Å²) in [6, 6.07) is 19.1. The summed E-state index contributed by atoms with van der Waals surface area (Å²) in [5.41, 5.74) is 1.49. The summed E-state index contributed by atoms with van der Waals surface area (Å²) in [5, 5.41) is 5.48. The van der Waals surface area contributed by atoms with Crippen LogP contribution in [-0.2, 0) is 4.79 Å². The van der Waals surface area contributed by atoms with Crippen molar-refractivity contribution in [2.24, 2.45) is 0 Å². The summed E-state index contributed by atoms with van der Waals surface area (Å²) in [4.78, 5) is 24.8. The molecule has 6 nitrogen and oxygen atoms in total. The molecular formula is C24H23FN2O4. The Morgan fingerprint density at radius 3 is 2.29 bits per heavy atom. The summed E-state index contributed by atoms with van der Waals surface area (Å²) < 4.78 is 24.1. The molecule has 0 aliphatic rings. The molecule has 2 amide bonds. The van der Waals surface area contributed by atoms with Gasteiger partial charge in [-0.2, -0.15) is 0 Å². The van der Waals surface area contributed by atoms with Gasteiger partial charge in [-0.3, -0.25) is 9.59 Å². The van der Waals surface area contributed by atoms with E-state index in [1.54, 1.807) is 43.3 Å². The standard InChI is InChI=1S/C24H23FN2O4/c1-3-30-22-7-5-4-6-21(22)27-24(29)17-8-14-20(15-9-17)31-16(2)23(28)26-19-12-10-18(25)11-13-19/h4-16H,3H2,1-2H3,(H,26,28)(H,27,29)/t16-/m1/s1. The molecule has 31 heavy (non-hydrogen) atoms. The zero-order chi connectivity index (χ0) is 22.2. The normalized spacial score (nSPS) is 11.3. The van der Waals surface area contributed by atoms with Crippen LogP contribution in [0.25, 0.3) is 0 Å². The molecule has 0 aliphatic carbocycles. The van der Waals surface area contributed by atoms with Gasteiger partial charge in [0, 0.05) is 11.3 Å². The number of rotatable bonds is 8. The average Bonchev–Trinajstić information content (AvgIpc) is 2.77. The molecule has 1 atom stereocenters. The maximum absolute atomic E-state index is 13.0. The second kappa shape index (κ2) is 10.2. The lowest BCUT2D eigenvalue weighted by Gasteiger charge is -2.15. The van der Waals surface area contributed by atoms with Gasteiger partial charge < -0.3 is 20.1 Å². The molecule has 0 unspecified atom stereocenters. The highest BCUT2D eigenvalue weighted by molar-refractivity contribution is 6.05. The van der Waals surface area contributed by atoms with Crippen molar-refractivity contribution in [1.82, 2.24) is 0 Å². The van der Waals surface area contributed by atoms with Crippen molar-refractivity contribution < 1.29 is 23.5 Å². The predicted octanol–water partition coefficient (Wildman–Crippen LogP) is 4.88. The Morgan fingerprint density at radius 1 is 0.935 bits per heavy atom. The van der Waals surface area contributed by atoms with Crippen LogP contribution in [0.2, 0.25) is 0 Å². The van der Waals surface area contributed by atoms with E-state index < -0.39 is 6.10 Å². The molecular weight excluding hydrogens is 399 g/mol. The second-order valence-electron chi connectivity index (χ2n) is 6.66. The number of para-hydroxylation sites is 2. The molecule has 0 radical (unpaired) electrons. The van der Waals surface area contributed by atoms with E-state index in [4.69, 9.17) is 9.47 Å². The summed E-state index contributed by atoms with van der Waals surface area (Å²) in [7, 11) is 0. The lowest BCUT2D eigenvalue weighted by Crippen LogP contribution is -2.30. The second-order valence-corrected chi connectivity index (χ2v) is 6.66. The fourth-order valence-electron chi connectivity index (χ4n) is 2.77. The number of hydrogen-bond donors (Lipinski definition) is 2. The number of hydrogen-bond acceptors (Lipinski definition) is 4. The van der Waals surface area contributed by atoms with Crippen LogP contribution in [0.4, 0.5) is 15.8 Å². The van der Waals surface area contributed by atoms with Crippen molar-refractivity contribution in [2.45, 2.75) is 20.0 Å². The van der Waals surface area contributed by atoms with Crippen LogP contribution >= 0.6 is 0 Å². The van der Waals surface area contributed by atoms with E-state index >= 15 is 0 Å². The maximum Gasteiger partial charge on any atom is 0.265 e. The van der Waals surface area contributed by atoms with E-state index in [9.17, 15) is 14.0 Å². The van der Waals surface area contributed by atoms with Gasteiger partial charge in [0.25, 0.3) is 11.8 Å². The molecule has 0 saturated heterocycles. The maximum atomic E-state index is 13.0. The summed E-state index contributed by atoms with van der Waals surface area (Å²) in [6.07, 6.45) is -0.789. The third-order valence-corrected chi connectivity index (χ3v) is 4.35. The number of anilines is 2. The molecule has 0 bridgehead atoms. The molecule has 0 saturated carbocycles. The molecule has 7 heteroatoms. The van der Waals surface area contributed by atoms with Gasteiger partial charge in [-0.05, 0) is 74.5 Å². The monoisotopic (exact) mass is 422 g/mol. The first-order valence-electron chi connectivity index (χ1n) is 9.82. The molecule has 0 aromatic heterocycles. The van der Waals surface area contributed by atoms with Crippen LogP contribution in [0, 0.1) is 5.82 Å². The minimum absolute atomic E-state index is 0.291. The number of nitrogens with one attached hydrogen (secondary N) is 2. The predicted molar refractivity (Wildman–Crippen MR) is 117 cm³/mol. The topological polar surface area (TPSA) is 76.7 Å². The van der Waals surface area contributed by atoms with E-state index in [2.05, 4.69) is 10.6 Å². The minimum atomic E-state index is -0.789. The highest BCUT2D eigenvalue weighted by Gasteiger charge is 2.16. The van der Waals surface area contributed by atoms with Crippen molar-refractivity contribution >= 4 is 23.2 Å². The summed E-state index contributed by atoms with van der Waals surface area (Å²) in [6.45, 7) is 3.97. The van der Waals surface area contributed by atoms with E-state index in [0.29, 0.717) is 35.0 Å².